The Hall–Kier alpha value is -1.66. The molecule has 0 saturated heterocycles. The third kappa shape index (κ3) is 2.47. The fourth-order valence-electron chi connectivity index (χ4n) is 1.28. The average Bonchev–Trinajstić information content (AvgIpc) is 2.25. The third-order valence-corrected chi connectivity index (χ3v) is 2.33. The molecule has 0 aliphatic carbocycles. The van der Waals surface area contributed by atoms with E-state index in [0.29, 0.717) is 16.8 Å². The van der Waals surface area contributed by atoms with Gasteiger partial charge in [0, 0.05) is 24.2 Å². The van der Waals surface area contributed by atoms with Crippen molar-refractivity contribution >= 4 is 5.91 Å². The Morgan fingerprint density at radius 1 is 1.62 bits per heavy atom. The first kappa shape index (κ1) is 12.4. The maximum atomic E-state index is 11.0. The molecule has 0 aliphatic rings. The van der Waals surface area contributed by atoms with Crippen molar-refractivity contribution in [1.82, 2.24) is 9.99 Å². The molecule has 16 heavy (non-hydrogen) atoms. The standard InChI is InChI=1S/C10H15N3O3/c1-6-10(16)9(4-13(11)7(2)15)8(5-14)3-12-6/h3,14,16H,4-5,11H2,1-2H3. The summed E-state index contributed by atoms with van der Waals surface area (Å²) in [5, 5.41) is 19.8. The van der Waals surface area contributed by atoms with Crippen molar-refractivity contribution in [3.8, 4) is 5.75 Å². The molecule has 1 rings (SSSR count). The molecule has 0 saturated carbocycles. The van der Waals surface area contributed by atoms with Gasteiger partial charge in [-0.15, -0.1) is 0 Å². The summed E-state index contributed by atoms with van der Waals surface area (Å²) in [5.41, 5.74) is 1.32. The van der Waals surface area contributed by atoms with Crippen LogP contribution in [0.3, 0.4) is 0 Å². The molecular formula is C10H15N3O3. The zero-order valence-electron chi connectivity index (χ0n) is 9.27. The van der Waals surface area contributed by atoms with Gasteiger partial charge < -0.3 is 10.2 Å². The Morgan fingerprint density at radius 3 is 2.75 bits per heavy atom. The smallest absolute Gasteiger partial charge is 0.233 e. The Balaban J connectivity index is 3.10. The van der Waals surface area contributed by atoms with Crippen LogP contribution in [0.1, 0.15) is 23.7 Å². The number of aromatic hydroxyl groups is 1. The number of carbonyl (C=O) groups excluding carboxylic acids is 1. The summed E-state index contributed by atoms with van der Waals surface area (Å²) in [7, 11) is 0. The minimum Gasteiger partial charge on any atom is -0.506 e. The van der Waals surface area contributed by atoms with E-state index in [0.717, 1.165) is 5.01 Å². The predicted molar refractivity (Wildman–Crippen MR) is 57.0 cm³/mol. The zero-order valence-corrected chi connectivity index (χ0v) is 9.27. The fraction of sp³-hybridized carbons (Fsp3) is 0.400. The number of hydrazine groups is 1. The van der Waals surface area contributed by atoms with Crippen LogP contribution < -0.4 is 5.84 Å². The van der Waals surface area contributed by atoms with Crippen LogP contribution in [0.25, 0.3) is 0 Å². The number of nitrogens with two attached hydrogens (primary N) is 1. The molecule has 0 unspecified atom stereocenters. The lowest BCUT2D eigenvalue weighted by atomic mass is 10.1. The van der Waals surface area contributed by atoms with E-state index in [2.05, 4.69) is 4.98 Å². The summed E-state index contributed by atoms with van der Waals surface area (Å²) >= 11 is 0. The van der Waals surface area contributed by atoms with Gasteiger partial charge in [0.05, 0.1) is 18.8 Å². The summed E-state index contributed by atoms with van der Waals surface area (Å²) in [6.45, 7) is 2.74. The third-order valence-electron chi connectivity index (χ3n) is 2.33. The van der Waals surface area contributed by atoms with Crippen LogP contribution in [0, 0.1) is 6.92 Å². The topological polar surface area (TPSA) is 99.7 Å². The van der Waals surface area contributed by atoms with Crippen LogP contribution >= 0.6 is 0 Å². The molecule has 0 fully saturated rings. The van der Waals surface area contributed by atoms with Gasteiger partial charge in [-0.2, -0.15) is 0 Å². The molecule has 0 bridgehead atoms. The molecule has 0 atom stereocenters. The lowest BCUT2D eigenvalue weighted by Gasteiger charge is -2.17. The summed E-state index contributed by atoms with van der Waals surface area (Å²) in [4.78, 5) is 14.9. The number of carbonyl (C=O) groups is 1. The molecule has 0 aromatic carbocycles. The molecule has 0 spiro atoms. The molecule has 88 valence electrons. The van der Waals surface area contributed by atoms with Crippen molar-refractivity contribution in [2.24, 2.45) is 5.84 Å². The number of nitrogens with zero attached hydrogens (tertiary/aromatic N) is 2. The van der Waals surface area contributed by atoms with Crippen molar-refractivity contribution in [2.45, 2.75) is 27.0 Å². The van der Waals surface area contributed by atoms with E-state index in [9.17, 15) is 9.90 Å². The quantitative estimate of drug-likeness (QED) is 0.376. The van der Waals surface area contributed by atoms with Gasteiger partial charge >= 0.3 is 0 Å². The molecule has 0 aliphatic heterocycles. The Labute approximate surface area is 93.3 Å². The molecule has 1 heterocycles. The molecule has 1 aromatic rings. The Morgan fingerprint density at radius 2 is 2.25 bits per heavy atom. The second kappa shape index (κ2) is 4.91. The maximum Gasteiger partial charge on any atom is 0.233 e. The lowest BCUT2D eigenvalue weighted by Crippen LogP contribution is -2.35. The predicted octanol–water partition coefficient (Wildman–Crippen LogP) is -0.190. The summed E-state index contributed by atoms with van der Waals surface area (Å²) in [6.07, 6.45) is 1.46. The zero-order chi connectivity index (χ0) is 12.3. The van der Waals surface area contributed by atoms with Crippen molar-refractivity contribution in [1.29, 1.82) is 0 Å². The van der Waals surface area contributed by atoms with Crippen LogP contribution in [-0.4, -0.2) is 26.1 Å². The van der Waals surface area contributed by atoms with Gasteiger partial charge in [0.15, 0.2) is 0 Å². The first-order chi connectivity index (χ1) is 7.47. The number of aryl methyl sites for hydroxylation is 1. The summed E-state index contributed by atoms with van der Waals surface area (Å²) in [6, 6.07) is 0. The van der Waals surface area contributed by atoms with E-state index in [1.807, 2.05) is 0 Å². The number of hydrogen-bond donors (Lipinski definition) is 3. The summed E-state index contributed by atoms with van der Waals surface area (Å²) < 4.78 is 0. The van der Waals surface area contributed by atoms with E-state index >= 15 is 0 Å². The van der Waals surface area contributed by atoms with Crippen LogP contribution in [0.2, 0.25) is 0 Å². The highest BCUT2D eigenvalue weighted by molar-refractivity contribution is 5.72. The van der Waals surface area contributed by atoms with Gasteiger partial charge in [-0.1, -0.05) is 0 Å². The van der Waals surface area contributed by atoms with E-state index < -0.39 is 0 Å². The fourth-order valence-corrected chi connectivity index (χ4v) is 1.28. The van der Waals surface area contributed by atoms with Gasteiger partial charge in [-0.25, -0.2) is 5.84 Å². The minimum absolute atomic E-state index is 0.0387. The number of amides is 1. The Kier molecular flexibility index (Phi) is 3.81. The largest absolute Gasteiger partial charge is 0.506 e. The van der Waals surface area contributed by atoms with Crippen LogP contribution in [0.5, 0.6) is 5.75 Å². The van der Waals surface area contributed by atoms with Crippen molar-refractivity contribution in [3.63, 3.8) is 0 Å². The van der Waals surface area contributed by atoms with Crippen LogP contribution in [0.4, 0.5) is 0 Å². The van der Waals surface area contributed by atoms with Gasteiger partial charge in [-0.05, 0) is 6.92 Å². The second-order valence-corrected chi connectivity index (χ2v) is 3.50. The molecule has 6 nitrogen and oxygen atoms in total. The maximum absolute atomic E-state index is 11.0. The van der Waals surface area contributed by atoms with Crippen LogP contribution in [-0.2, 0) is 17.9 Å². The van der Waals surface area contributed by atoms with Crippen LogP contribution in [0.15, 0.2) is 6.20 Å². The average molecular weight is 225 g/mol. The van der Waals surface area contributed by atoms with Crippen molar-refractivity contribution in [3.05, 3.63) is 23.0 Å². The molecule has 1 amide bonds. The molecular weight excluding hydrogens is 210 g/mol. The highest BCUT2D eigenvalue weighted by atomic mass is 16.3. The molecule has 4 N–H and O–H groups in total. The van der Waals surface area contributed by atoms with Gasteiger partial charge in [0.1, 0.15) is 5.75 Å². The highest BCUT2D eigenvalue weighted by Crippen LogP contribution is 2.24. The number of aliphatic hydroxyl groups is 1. The van der Waals surface area contributed by atoms with Gasteiger partial charge in [0.25, 0.3) is 0 Å². The number of rotatable bonds is 3. The van der Waals surface area contributed by atoms with Crippen molar-refractivity contribution < 1.29 is 15.0 Å². The number of hydrogen-bond acceptors (Lipinski definition) is 5. The second-order valence-electron chi connectivity index (χ2n) is 3.50. The highest BCUT2D eigenvalue weighted by Gasteiger charge is 2.14. The first-order valence-electron chi connectivity index (χ1n) is 4.77. The van der Waals surface area contributed by atoms with E-state index in [-0.39, 0.29) is 24.8 Å². The monoisotopic (exact) mass is 225 g/mol. The van der Waals surface area contributed by atoms with E-state index in [1.165, 1.54) is 13.1 Å². The molecule has 0 radical (unpaired) electrons. The SMILES string of the molecule is CC(=O)N(N)Cc1c(CO)cnc(C)c1O. The Bertz CT molecular complexity index is 407. The number of aliphatic hydroxyl groups excluding tert-OH is 1. The summed E-state index contributed by atoms with van der Waals surface area (Å²) in [5.74, 6) is 5.10. The normalized spacial score (nSPS) is 10.2. The van der Waals surface area contributed by atoms with Crippen molar-refractivity contribution in [2.75, 3.05) is 0 Å². The lowest BCUT2D eigenvalue weighted by molar-refractivity contribution is -0.129. The van der Waals surface area contributed by atoms with E-state index in [1.54, 1.807) is 6.92 Å². The first-order valence-corrected chi connectivity index (χ1v) is 4.77. The number of aromatic nitrogens is 1. The van der Waals surface area contributed by atoms with Gasteiger partial charge in [-0.3, -0.25) is 14.8 Å². The van der Waals surface area contributed by atoms with E-state index in [4.69, 9.17) is 10.9 Å². The minimum atomic E-state index is -0.322. The molecule has 6 heteroatoms. The number of pyridine rings is 1. The van der Waals surface area contributed by atoms with Gasteiger partial charge in [0.2, 0.25) is 5.91 Å². The molecule has 1 aromatic heterocycles.